The van der Waals surface area contributed by atoms with Crippen LogP contribution in [0.25, 0.3) is 0 Å². The molecule has 1 unspecified atom stereocenters. The summed E-state index contributed by atoms with van der Waals surface area (Å²) in [7, 11) is 1.66. The Morgan fingerprint density at radius 2 is 1.95 bits per heavy atom. The molecule has 1 aromatic carbocycles. The second-order valence-corrected chi connectivity index (χ2v) is 5.43. The maximum Gasteiger partial charge on any atom is 0.416 e. The summed E-state index contributed by atoms with van der Waals surface area (Å²) in [6.45, 7) is 2.34. The summed E-state index contributed by atoms with van der Waals surface area (Å²) in [5, 5.41) is 3.18. The summed E-state index contributed by atoms with van der Waals surface area (Å²) in [4.78, 5) is 0. The van der Waals surface area contributed by atoms with E-state index in [1.54, 1.807) is 20.1 Å². The molecule has 0 saturated heterocycles. The molecule has 0 amide bonds. The summed E-state index contributed by atoms with van der Waals surface area (Å²) in [5.41, 5.74) is -0.479. The van der Waals surface area contributed by atoms with Crippen LogP contribution in [-0.2, 0) is 10.9 Å². The van der Waals surface area contributed by atoms with E-state index in [2.05, 4.69) is 5.32 Å². The van der Waals surface area contributed by atoms with Crippen molar-refractivity contribution in [2.75, 3.05) is 13.7 Å². The smallest absolute Gasteiger partial charge is 0.377 e. The lowest BCUT2D eigenvalue weighted by Crippen LogP contribution is -2.48. The molecule has 1 aliphatic carbocycles. The summed E-state index contributed by atoms with van der Waals surface area (Å²) in [6.07, 6.45) is -1.28. The van der Waals surface area contributed by atoms with Gasteiger partial charge in [0.2, 0.25) is 0 Å². The van der Waals surface area contributed by atoms with Gasteiger partial charge in [0.25, 0.3) is 0 Å². The molecule has 0 radical (unpaired) electrons. The Kier molecular flexibility index (Phi) is 4.39. The van der Waals surface area contributed by atoms with Crippen molar-refractivity contribution in [1.29, 1.82) is 0 Å². The van der Waals surface area contributed by atoms with Crippen molar-refractivity contribution in [1.82, 2.24) is 5.32 Å². The average molecular weight is 287 g/mol. The van der Waals surface area contributed by atoms with Crippen LogP contribution in [0.5, 0.6) is 0 Å². The Morgan fingerprint density at radius 3 is 2.45 bits per heavy atom. The molecule has 0 heterocycles. The quantitative estimate of drug-likeness (QED) is 0.886. The van der Waals surface area contributed by atoms with Gasteiger partial charge >= 0.3 is 6.18 Å². The van der Waals surface area contributed by atoms with Crippen LogP contribution < -0.4 is 5.32 Å². The third-order valence-corrected chi connectivity index (χ3v) is 4.16. The number of benzene rings is 1. The van der Waals surface area contributed by atoms with E-state index < -0.39 is 11.7 Å². The first-order chi connectivity index (χ1) is 9.38. The van der Waals surface area contributed by atoms with Gasteiger partial charge in [0.1, 0.15) is 0 Å². The number of alkyl halides is 3. The van der Waals surface area contributed by atoms with Gasteiger partial charge in [-0.25, -0.2) is 0 Å². The van der Waals surface area contributed by atoms with Gasteiger partial charge < -0.3 is 10.1 Å². The number of hydrogen-bond acceptors (Lipinski definition) is 2. The molecule has 20 heavy (non-hydrogen) atoms. The summed E-state index contributed by atoms with van der Waals surface area (Å²) < 4.78 is 44.4. The normalized spacial score (nSPS) is 19.4. The average Bonchev–Trinajstić information content (AvgIpc) is 2.37. The van der Waals surface area contributed by atoms with Gasteiger partial charge in [-0.1, -0.05) is 18.2 Å². The maximum atomic E-state index is 13.0. The number of nitrogens with one attached hydrogen (secondary N) is 1. The second kappa shape index (κ2) is 5.74. The molecule has 112 valence electrons. The van der Waals surface area contributed by atoms with Gasteiger partial charge in [-0.15, -0.1) is 0 Å². The molecule has 0 bridgehead atoms. The van der Waals surface area contributed by atoms with E-state index in [1.807, 2.05) is 0 Å². The third-order valence-electron chi connectivity index (χ3n) is 4.16. The van der Waals surface area contributed by atoms with E-state index in [0.717, 1.165) is 25.3 Å². The molecule has 1 fully saturated rings. The Bertz CT molecular complexity index is 449. The topological polar surface area (TPSA) is 21.3 Å². The third kappa shape index (κ3) is 3.15. The highest BCUT2D eigenvalue weighted by molar-refractivity contribution is 5.32. The van der Waals surface area contributed by atoms with Gasteiger partial charge in [0.15, 0.2) is 0 Å². The van der Waals surface area contributed by atoms with Crippen LogP contribution in [0.1, 0.15) is 43.4 Å². The zero-order valence-corrected chi connectivity index (χ0v) is 11.8. The SMILES string of the molecule is COC1(CNC(C)c2ccccc2C(F)(F)F)CCC1. The first-order valence-corrected chi connectivity index (χ1v) is 6.83. The fraction of sp³-hybridized carbons (Fsp3) is 0.600. The lowest BCUT2D eigenvalue weighted by atomic mass is 9.79. The van der Waals surface area contributed by atoms with E-state index in [-0.39, 0.29) is 17.2 Å². The van der Waals surface area contributed by atoms with Crippen LogP contribution in [-0.4, -0.2) is 19.3 Å². The number of hydrogen-bond donors (Lipinski definition) is 1. The van der Waals surface area contributed by atoms with Crippen LogP contribution in [0.15, 0.2) is 24.3 Å². The van der Waals surface area contributed by atoms with Gasteiger partial charge in [-0.05, 0) is 37.8 Å². The molecule has 1 saturated carbocycles. The molecule has 2 rings (SSSR count). The zero-order valence-electron chi connectivity index (χ0n) is 11.8. The standard InChI is InChI=1S/C15H20F3NO/c1-11(19-10-14(20-2)8-5-9-14)12-6-3-4-7-13(12)15(16,17)18/h3-4,6-7,11,19H,5,8-10H2,1-2H3. The van der Waals surface area contributed by atoms with Crippen molar-refractivity contribution in [3.05, 3.63) is 35.4 Å². The molecular formula is C15H20F3NO. The molecule has 1 atom stereocenters. The van der Waals surface area contributed by atoms with Crippen molar-refractivity contribution < 1.29 is 17.9 Å². The molecule has 0 spiro atoms. The number of rotatable bonds is 5. The van der Waals surface area contributed by atoms with E-state index in [9.17, 15) is 13.2 Å². The highest BCUT2D eigenvalue weighted by Crippen LogP contribution is 2.36. The second-order valence-electron chi connectivity index (χ2n) is 5.43. The van der Waals surface area contributed by atoms with Gasteiger partial charge in [0.05, 0.1) is 11.2 Å². The monoisotopic (exact) mass is 287 g/mol. The van der Waals surface area contributed by atoms with Crippen molar-refractivity contribution in [3.63, 3.8) is 0 Å². The highest BCUT2D eigenvalue weighted by atomic mass is 19.4. The van der Waals surface area contributed by atoms with Gasteiger partial charge in [0, 0.05) is 19.7 Å². The Hall–Kier alpha value is -1.07. The Labute approximate surface area is 117 Å². The van der Waals surface area contributed by atoms with Gasteiger partial charge in [-0.3, -0.25) is 0 Å². The van der Waals surface area contributed by atoms with Crippen LogP contribution in [0.3, 0.4) is 0 Å². The van der Waals surface area contributed by atoms with Crippen molar-refractivity contribution in [2.24, 2.45) is 0 Å². The van der Waals surface area contributed by atoms with Gasteiger partial charge in [-0.2, -0.15) is 13.2 Å². The molecule has 2 nitrogen and oxygen atoms in total. The van der Waals surface area contributed by atoms with E-state index in [1.165, 1.54) is 12.1 Å². The molecule has 1 N–H and O–H groups in total. The van der Waals surface area contributed by atoms with E-state index in [4.69, 9.17) is 4.74 Å². The molecule has 5 heteroatoms. The molecule has 0 aromatic heterocycles. The zero-order chi connectivity index (χ0) is 14.8. The van der Waals surface area contributed by atoms with Crippen molar-refractivity contribution >= 4 is 0 Å². The summed E-state index contributed by atoms with van der Waals surface area (Å²) >= 11 is 0. The minimum Gasteiger partial charge on any atom is -0.377 e. The Morgan fingerprint density at radius 1 is 1.30 bits per heavy atom. The number of methoxy groups -OCH3 is 1. The van der Waals surface area contributed by atoms with E-state index in [0.29, 0.717) is 6.54 Å². The minimum atomic E-state index is -4.32. The van der Waals surface area contributed by atoms with Crippen LogP contribution >= 0.6 is 0 Å². The van der Waals surface area contributed by atoms with Crippen LogP contribution in [0, 0.1) is 0 Å². The lowest BCUT2D eigenvalue weighted by molar-refractivity contribution is -0.138. The maximum absolute atomic E-state index is 13.0. The largest absolute Gasteiger partial charge is 0.416 e. The van der Waals surface area contributed by atoms with E-state index >= 15 is 0 Å². The number of halogens is 3. The fourth-order valence-electron chi connectivity index (χ4n) is 2.61. The minimum absolute atomic E-state index is 0.193. The highest BCUT2D eigenvalue weighted by Gasteiger charge is 2.38. The van der Waals surface area contributed by atoms with Crippen molar-refractivity contribution in [3.8, 4) is 0 Å². The van der Waals surface area contributed by atoms with Crippen molar-refractivity contribution in [2.45, 2.75) is 44.0 Å². The summed E-state index contributed by atoms with van der Waals surface area (Å²) in [6, 6.07) is 5.35. The fourth-order valence-corrected chi connectivity index (χ4v) is 2.61. The molecule has 1 aliphatic rings. The first-order valence-electron chi connectivity index (χ1n) is 6.83. The van der Waals surface area contributed by atoms with Crippen LogP contribution in [0.4, 0.5) is 13.2 Å². The number of ether oxygens (including phenoxy) is 1. The predicted octanol–water partition coefficient (Wildman–Crippen LogP) is 3.93. The first kappa shape index (κ1) is 15.3. The van der Waals surface area contributed by atoms with Crippen LogP contribution in [0.2, 0.25) is 0 Å². The Balaban J connectivity index is 2.08. The predicted molar refractivity (Wildman–Crippen MR) is 71.5 cm³/mol. The molecule has 0 aliphatic heterocycles. The summed E-state index contributed by atoms with van der Waals surface area (Å²) in [5.74, 6) is 0. The molecular weight excluding hydrogens is 267 g/mol. The molecule has 1 aromatic rings. The lowest BCUT2D eigenvalue weighted by Gasteiger charge is -2.41.